The van der Waals surface area contributed by atoms with Crippen LogP contribution in [0, 0.1) is 11.3 Å². The van der Waals surface area contributed by atoms with Crippen LogP contribution in [0.5, 0.6) is 5.75 Å². The van der Waals surface area contributed by atoms with Crippen LogP contribution in [0.1, 0.15) is 25.3 Å². The Morgan fingerprint density at radius 2 is 2.10 bits per heavy atom. The van der Waals surface area contributed by atoms with E-state index >= 15 is 0 Å². The second-order valence-electron chi connectivity index (χ2n) is 7.15. The summed E-state index contributed by atoms with van der Waals surface area (Å²) in [6.07, 6.45) is 9.94. The second kappa shape index (κ2) is 8.68. The van der Waals surface area contributed by atoms with Gasteiger partial charge < -0.3 is 10.1 Å². The summed E-state index contributed by atoms with van der Waals surface area (Å²) in [4.78, 5) is 24.8. The van der Waals surface area contributed by atoms with Gasteiger partial charge in [-0.3, -0.25) is 19.2 Å². The molecule has 31 heavy (non-hydrogen) atoms. The maximum atomic E-state index is 11.9. The topological polar surface area (TPSA) is 111 Å². The van der Waals surface area contributed by atoms with Crippen LogP contribution in [-0.2, 0) is 4.79 Å². The highest BCUT2D eigenvalue weighted by Crippen LogP contribution is 2.28. The maximum Gasteiger partial charge on any atom is 0.313 e. The van der Waals surface area contributed by atoms with Crippen LogP contribution in [0.2, 0.25) is 0 Å². The van der Waals surface area contributed by atoms with E-state index in [1.807, 2.05) is 10.5 Å². The first-order valence-corrected chi connectivity index (χ1v) is 10.4. The van der Waals surface area contributed by atoms with E-state index < -0.39 is 0 Å². The molecule has 4 heterocycles. The number of imidazole rings is 1. The zero-order chi connectivity index (χ0) is 22.0. The predicted molar refractivity (Wildman–Crippen MR) is 120 cm³/mol. The van der Waals surface area contributed by atoms with E-state index in [1.165, 1.54) is 18.2 Å². The van der Waals surface area contributed by atoms with Crippen molar-refractivity contribution in [2.24, 2.45) is 10.9 Å². The lowest BCUT2D eigenvalue weighted by molar-refractivity contribution is -0.137. The van der Waals surface area contributed by atoms with Crippen LogP contribution in [0.3, 0.4) is 0 Å². The highest BCUT2D eigenvalue weighted by atomic mass is 32.2. The van der Waals surface area contributed by atoms with Gasteiger partial charge in [-0.05, 0) is 23.8 Å². The molecule has 9 nitrogen and oxygen atoms in total. The summed E-state index contributed by atoms with van der Waals surface area (Å²) in [6, 6.07) is 5.48. The molecule has 158 valence electrons. The number of aliphatic imine (C=N–C) groups is 1. The molecule has 4 rings (SSSR count). The minimum Gasteiger partial charge on any atom is -0.425 e. The van der Waals surface area contributed by atoms with E-state index in [0.29, 0.717) is 5.75 Å². The van der Waals surface area contributed by atoms with Crippen molar-refractivity contribution in [1.29, 1.82) is 5.41 Å². The third kappa shape index (κ3) is 4.19. The number of pyridine rings is 2. The molecule has 0 aliphatic rings. The summed E-state index contributed by atoms with van der Waals surface area (Å²) in [5.74, 6) is -0.300. The highest BCUT2D eigenvalue weighted by molar-refractivity contribution is 7.97. The number of ether oxygens (including phenoxy) is 1. The van der Waals surface area contributed by atoms with Gasteiger partial charge in [0.2, 0.25) is 0 Å². The van der Waals surface area contributed by atoms with Gasteiger partial charge in [0.05, 0.1) is 30.4 Å². The van der Waals surface area contributed by atoms with E-state index in [-0.39, 0.29) is 17.8 Å². The Hall–Kier alpha value is -3.53. The number of esters is 1. The Kier molecular flexibility index (Phi) is 5.81. The average Bonchev–Trinajstić information content (AvgIpc) is 3.36. The quantitative estimate of drug-likeness (QED) is 0.351. The van der Waals surface area contributed by atoms with Crippen LogP contribution in [0.4, 0.5) is 0 Å². The van der Waals surface area contributed by atoms with Crippen LogP contribution in [0.15, 0.2) is 53.0 Å². The summed E-state index contributed by atoms with van der Waals surface area (Å²) in [5, 5.41) is 12.9. The van der Waals surface area contributed by atoms with Crippen LogP contribution in [-0.4, -0.2) is 49.0 Å². The molecule has 1 atom stereocenters. The van der Waals surface area contributed by atoms with Crippen molar-refractivity contribution in [2.45, 2.75) is 24.8 Å². The molecule has 4 aromatic heterocycles. The summed E-state index contributed by atoms with van der Waals surface area (Å²) in [5.41, 5.74) is 3.15. The van der Waals surface area contributed by atoms with Gasteiger partial charge in [0.25, 0.3) is 0 Å². The van der Waals surface area contributed by atoms with Crippen molar-refractivity contribution < 1.29 is 9.53 Å². The third-order valence-corrected chi connectivity index (χ3v) is 5.55. The Labute approximate surface area is 182 Å². The molecule has 0 radical (unpaired) electrons. The molecule has 0 bridgehead atoms. The number of aromatic nitrogens is 5. The van der Waals surface area contributed by atoms with Gasteiger partial charge in [-0.25, -0.2) is 4.98 Å². The monoisotopic (exact) mass is 435 g/mol. The van der Waals surface area contributed by atoms with E-state index in [2.05, 4.69) is 20.1 Å². The van der Waals surface area contributed by atoms with E-state index in [0.717, 1.165) is 27.3 Å². The number of carbonyl (C=O) groups is 1. The highest BCUT2D eigenvalue weighted by Gasteiger charge is 2.15. The number of rotatable bonds is 7. The third-order valence-electron chi connectivity index (χ3n) is 4.60. The molecule has 1 unspecified atom stereocenters. The molecule has 0 amide bonds. The molecule has 0 saturated heterocycles. The molecule has 0 spiro atoms. The number of carbonyl (C=O) groups excluding carboxylic acids is 1. The molecule has 0 aromatic carbocycles. The molecular weight excluding hydrogens is 414 g/mol. The Morgan fingerprint density at radius 1 is 1.26 bits per heavy atom. The molecule has 0 fully saturated rings. The lowest BCUT2D eigenvalue weighted by Crippen LogP contribution is -2.15. The van der Waals surface area contributed by atoms with Gasteiger partial charge in [-0.2, -0.15) is 9.19 Å². The van der Waals surface area contributed by atoms with Crippen molar-refractivity contribution in [3.8, 4) is 5.75 Å². The van der Waals surface area contributed by atoms with Gasteiger partial charge in [0.1, 0.15) is 27.5 Å². The molecule has 4 aromatic rings. The average molecular weight is 436 g/mol. The smallest absolute Gasteiger partial charge is 0.313 e. The van der Waals surface area contributed by atoms with Crippen molar-refractivity contribution in [3.05, 3.63) is 48.5 Å². The Morgan fingerprint density at radius 3 is 2.84 bits per heavy atom. The summed E-state index contributed by atoms with van der Waals surface area (Å²) in [7, 11) is 1.68. The zero-order valence-corrected chi connectivity index (χ0v) is 18.1. The van der Waals surface area contributed by atoms with Crippen molar-refractivity contribution in [2.75, 3.05) is 7.05 Å². The fourth-order valence-corrected chi connectivity index (χ4v) is 3.78. The molecule has 0 aliphatic carbocycles. The normalized spacial score (nSPS) is 12.8. The van der Waals surface area contributed by atoms with Gasteiger partial charge in [-0.1, -0.05) is 13.8 Å². The van der Waals surface area contributed by atoms with Gasteiger partial charge in [-0.15, -0.1) is 0 Å². The Balaban J connectivity index is 1.68. The number of nitrogens with zero attached hydrogens (tertiary/aromatic N) is 6. The first-order valence-electron chi connectivity index (χ1n) is 9.64. The summed E-state index contributed by atoms with van der Waals surface area (Å²) >= 11 is 1.37. The lowest BCUT2D eigenvalue weighted by Gasteiger charge is -2.09. The summed E-state index contributed by atoms with van der Waals surface area (Å²) < 4.78 is 9.03. The fraction of sp³-hybridized carbons (Fsp3) is 0.238. The fourth-order valence-electron chi connectivity index (χ4n) is 2.93. The number of hydrogen-bond acceptors (Lipinski definition) is 8. The number of hydrogen-bond donors (Lipinski definition) is 1. The first kappa shape index (κ1) is 20.7. The lowest BCUT2D eigenvalue weighted by atomic mass is 10.0. The SMILES string of the molecule is CN=CC(C=N)c1cnc2cnn(Sc3cnc4ccc(OC(=O)C(C)C)cn34)c2c1. The van der Waals surface area contributed by atoms with E-state index in [4.69, 9.17) is 10.1 Å². The minimum atomic E-state index is -0.290. The van der Waals surface area contributed by atoms with Gasteiger partial charge in [0.15, 0.2) is 0 Å². The molecule has 10 heteroatoms. The molecular formula is C21H21N7O2S. The summed E-state index contributed by atoms with van der Waals surface area (Å²) in [6.45, 7) is 3.58. The van der Waals surface area contributed by atoms with Crippen molar-refractivity contribution >= 4 is 47.0 Å². The van der Waals surface area contributed by atoms with Crippen LogP contribution < -0.4 is 4.74 Å². The van der Waals surface area contributed by atoms with Gasteiger partial charge >= 0.3 is 5.97 Å². The van der Waals surface area contributed by atoms with Crippen LogP contribution >= 0.6 is 11.9 Å². The Bertz CT molecular complexity index is 1290. The standard InChI is InChI=1S/C21H21N7O2S/c1-13(2)21(29)30-16-4-5-19-25-11-20(27(19)12-16)31-28-18-6-14(15(7-22)8-23-3)9-24-17(18)10-26-28/h4-13,15,22H,1-3H3. The number of nitrogens with one attached hydrogen (secondary N) is 1. The second-order valence-corrected chi connectivity index (χ2v) is 8.09. The minimum absolute atomic E-state index is 0.216. The maximum absolute atomic E-state index is 11.9. The molecule has 0 aliphatic heterocycles. The van der Waals surface area contributed by atoms with E-state index in [1.54, 1.807) is 68.1 Å². The number of fused-ring (bicyclic) bond motifs is 2. The van der Waals surface area contributed by atoms with Gasteiger partial charge in [0, 0.05) is 37.6 Å². The molecule has 0 saturated carbocycles. The van der Waals surface area contributed by atoms with Crippen molar-refractivity contribution in [3.63, 3.8) is 0 Å². The largest absolute Gasteiger partial charge is 0.425 e. The first-order chi connectivity index (χ1) is 15.0. The van der Waals surface area contributed by atoms with Crippen molar-refractivity contribution in [1.82, 2.24) is 23.6 Å². The van der Waals surface area contributed by atoms with Crippen LogP contribution in [0.25, 0.3) is 16.7 Å². The van der Waals surface area contributed by atoms with E-state index in [9.17, 15) is 4.79 Å². The molecule has 1 N–H and O–H groups in total. The zero-order valence-electron chi connectivity index (χ0n) is 17.3. The predicted octanol–water partition coefficient (Wildman–Crippen LogP) is 3.63.